The van der Waals surface area contributed by atoms with Gasteiger partial charge in [-0.15, -0.1) is 0 Å². The molecule has 0 aromatic carbocycles. The van der Waals surface area contributed by atoms with Gasteiger partial charge in [0.1, 0.15) is 0 Å². The predicted octanol–water partition coefficient (Wildman–Crippen LogP) is 0.440. The summed E-state index contributed by atoms with van der Waals surface area (Å²) in [6, 6.07) is 0.125. The number of rotatable bonds is 0. The van der Waals surface area contributed by atoms with Gasteiger partial charge in [-0.05, 0) is 13.0 Å². The van der Waals surface area contributed by atoms with Crippen molar-refractivity contribution in [2.75, 3.05) is 7.05 Å². The first-order valence-electron chi connectivity index (χ1n) is 2.61. The van der Waals surface area contributed by atoms with E-state index in [-0.39, 0.29) is 6.04 Å². The average molecular weight is 114 g/mol. The average Bonchev–Trinajstić information content (AvgIpc) is 1.98. The lowest BCUT2D eigenvalue weighted by molar-refractivity contribution is -0.217. The van der Waals surface area contributed by atoms with Crippen molar-refractivity contribution < 1.29 is 5.21 Å². The molecule has 1 atom stereocenters. The molecule has 1 N–H and O–H groups in total. The third kappa shape index (κ3) is 0.700. The molecule has 0 bridgehead atoms. The Morgan fingerprint density at radius 2 is 2.25 bits per heavy atom. The van der Waals surface area contributed by atoms with Crippen LogP contribution in [0.2, 0.25) is 0 Å². The molecule has 0 fully saturated rings. The van der Waals surface area contributed by atoms with Crippen molar-refractivity contribution in [1.82, 2.24) is 10.2 Å². The minimum absolute atomic E-state index is 0.125. The van der Waals surface area contributed by atoms with Gasteiger partial charge in [0.25, 0.3) is 0 Å². The van der Waals surface area contributed by atoms with Gasteiger partial charge in [-0.1, -0.05) is 5.17 Å². The summed E-state index contributed by atoms with van der Waals surface area (Å²) in [6.45, 7) is 1.92. The second-order valence-corrected chi connectivity index (χ2v) is 1.98. The van der Waals surface area contributed by atoms with Crippen molar-refractivity contribution in [3.8, 4) is 0 Å². The van der Waals surface area contributed by atoms with Crippen molar-refractivity contribution in [3.63, 3.8) is 0 Å². The lowest BCUT2D eigenvalue weighted by Gasteiger charge is -2.20. The summed E-state index contributed by atoms with van der Waals surface area (Å²) in [5.41, 5.74) is 0. The van der Waals surface area contributed by atoms with Gasteiger partial charge in [0.15, 0.2) is 0 Å². The third-order valence-corrected chi connectivity index (χ3v) is 1.27. The SMILES string of the molecule is CC1C=CN(C)N1O. The molecule has 1 rings (SSSR count). The first-order valence-corrected chi connectivity index (χ1v) is 2.61. The van der Waals surface area contributed by atoms with Crippen molar-refractivity contribution in [2.24, 2.45) is 0 Å². The third-order valence-electron chi connectivity index (χ3n) is 1.27. The van der Waals surface area contributed by atoms with Crippen LogP contribution in [0.5, 0.6) is 0 Å². The van der Waals surface area contributed by atoms with Crippen molar-refractivity contribution in [2.45, 2.75) is 13.0 Å². The first-order chi connectivity index (χ1) is 3.72. The van der Waals surface area contributed by atoms with Crippen LogP contribution in [0.4, 0.5) is 0 Å². The molecule has 3 nitrogen and oxygen atoms in total. The van der Waals surface area contributed by atoms with Gasteiger partial charge in [0.05, 0.1) is 6.04 Å². The molecule has 1 aliphatic rings. The Labute approximate surface area is 48.7 Å². The smallest absolute Gasteiger partial charge is 0.0732 e. The van der Waals surface area contributed by atoms with Crippen LogP contribution in [0, 0.1) is 0 Å². The molecule has 0 spiro atoms. The summed E-state index contributed by atoms with van der Waals surface area (Å²) >= 11 is 0. The minimum Gasteiger partial charge on any atom is -0.294 e. The standard InChI is InChI=1S/C5H10N2O/c1-5-3-4-6(2)7(5)8/h3-5,8H,1-2H3. The molecule has 1 aliphatic heterocycles. The van der Waals surface area contributed by atoms with Gasteiger partial charge >= 0.3 is 0 Å². The monoisotopic (exact) mass is 114 g/mol. The van der Waals surface area contributed by atoms with E-state index >= 15 is 0 Å². The zero-order valence-electron chi connectivity index (χ0n) is 5.07. The van der Waals surface area contributed by atoms with E-state index in [9.17, 15) is 0 Å². The molecule has 46 valence electrons. The van der Waals surface area contributed by atoms with E-state index in [0.29, 0.717) is 0 Å². The van der Waals surface area contributed by atoms with E-state index < -0.39 is 0 Å². The van der Waals surface area contributed by atoms with E-state index in [1.165, 1.54) is 5.17 Å². The zero-order valence-corrected chi connectivity index (χ0v) is 5.07. The number of hydrazine groups is 1. The molecule has 1 heterocycles. The van der Waals surface area contributed by atoms with Gasteiger partial charge in [0.2, 0.25) is 0 Å². The van der Waals surface area contributed by atoms with E-state index in [1.807, 2.05) is 19.2 Å². The van der Waals surface area contributed by atoms with Crippen LogP contribution in [0.15, 0.2) is 12.3 Å². The predicted molar refractivity (Wildman–Crippen MR) is 30.0 cm³/mol. The highest BCUT2D eigenvalue weighted by Gasteiger charge is 2.15. The lowest BCUT2D eigenvalue weighted by atomic mass is 10.4. The maximum Gasteiger partial charge on any atom is 0.0732 e. The topological polar surface area (TPSA) is 26.7 Å². The summed E-state index contributed by atoms with van der Waals surface area (Å²) in [7, 11) is 1.79. The van der Waals surface area contributed by atoms with Gasteiger partial charge in [0, 0.05) is 13.2 Å². The Morgan fingerprint density at radius 1 is 1.62 bits per heavy atom. The van der Waals surface area contributed by atoms with Crippen molar-refractivity contribution in [1.29, 1.82) is 0 Å². The highest BCUT2D eigenvalue weighted by Crippen LogP contribution is 2.07. The molecular weight excluding hydrogens is 104 g/mol. The van der Waals surface area contributed by atoms with Crippen LogP contribution in [0.25, 0.3) is 0 Å². The van der Waals surface area contributed by atoms with E-state index in [1.54, 1.807) is 12.1 Å². The fourth-order valence-corrected chi connectivity index (χ4v) is 0.682. The van der Waals surface area contributed by atoms with Gasteiger partial charge < -0.3 is 0 Å². The van der Waals surface area contributed by atoms with E-state index in [2.05, 4.69) is 0 Å². The molecule has 0 radical (unpaired) electrons. The van der Waals surface area contributed by atoms with Crippen molar-refractivity contribution >= 4 is 0 Å². The zero-order chi connectivity index (χ0) is 6.15. The normalized spacial score (nSPS) is 29.9. The first kappa shape index (κ1) is 5.59. The lowest BCUT2D eigenvalue weighted by Crippen LogP contribution is -2.33. The quantitative estimate of drug-likeness (QED) is 0.495. The Morgan fingerprint density at radius 3 is 2.38 bits per heavy atom. The number of hydrogen-bond donors (Lipinski definition) is 1. The van der Waals surface area contributed by atoms with Gasteiger partial charge in [-0.25, -0.2) is 0 Å². The molecule has 1 unspecified atom stereocenters. The van der Waals surface area contributed by atoms with Crippen LogP contribution in [-0.2, 0) is 0 Å². The molecule has 0 aliphatic carbocycles. The summed E-state index contributed by atoms with van der Waals surface area (Å²) in [5.74, 6) is 0. The molecule has 0 amide bonds. The molecule has 0 aromatic heterocycles. The fourth-order valence-electron chi connectivity index (χ4n) is 0.682. The molecule has 0 saturated carbocycles. The molecule has 0 aromatic rings. The second-order valence-electron chi connectivity index (χ2n) is 1.98. The Kier molecular flexibility index (Phi) is 1.23. The maximum absolute atomic E-state index is 8.96. The summed E-state index contributed by atoms with van der Waals surface area (Å²) in [6.07, 6.45) is 3.74. The van der Waals surface area contributed by atoms with Crippen LogP contribution >= 0.6 is 0 Å². The Bertz CT molecular complexity index is 101. The molecule has 3 heteroatoms. The maximum atomic E-state index is 8.96. The summed E-state index contributed by atoms with van der Waals surface area (Å²) in [5, 5.41) is 11.8. The summed E-state index contributed by atoms with van der Waals surface area (Å²) in [4.78, 5) is 0. The Hall–Kier alpha value is -0.540. The number of hydroxylamine groups is 1. The van der Waals surface area contributed by atoms with Gasteiger partial charge in [-0.3, -0.25) is 10.2 Å². The highest BCUT2D eigenvalue weighted by atomic mass is 16.6. The van der Waals surface area contributed by atoms with Crippen LogP contribution < -0.4 is 0 Å². The van der Waals surface area contributed by atoms with Crippen molar-refractivity contribution in [3.05, 3.63) is 12.3 Å². The van der Waals surface area contributed by atoms with Crippen LogP contribution in [0.3, 0.4) is 0 Å². The number of nitrogens with zero attached hydrogens (tertiary/aromatic N) is 2. The minimum atomic E-state index is 0.125. The molecule has 0 saturated heterocycles. The van der Waals surface area contributed by atoms with Crippen LogP contribution in [0.1, 0.15) is 6.92 Å². The Balaban J connectivity index is 2.55. The summed E-state index contributed by atoms with van der Waals surface area (Å²) < 4.78 is 0. The highest BCUT2D eigenvalue weighted by molar-refractivity contribution is 4.93. The van der Waals surface area contributed by atoms with Gasteiger partial charge in [-0.2, -0.15) is 0 Å². The van der Waals surface area contributed by atoms with Crippen LogP contribution in [-0.4, -0.2) is 28.5 Å². The van der Waals surface area contributed by atoms with E-state index in [0.717, 1.165) is 0 Å². The largest absolute Gasteiger partial charge is 0.294 e. The molecule has 8 heavy (non-hydrogen) atoms. The molecular formula is C5H10N2O. The fraction of sp³-hybridized carbons (Fsp3) is 0.600. The number of hydrogen-bond acceptors (Lipinski definition) is 3. The van der Waals surface area contributed by atoms with E-state index in [4.69, 9.17) is 5.21 Å². The second kappa shape index (κ2) is 1.76.